The molecule has 0 radical (unpaired) electrons. The van der Waals surface area contributed by atoms with Gasteiger partial charge in [0.05, 0.1) is 19.2 Å². The van der Waals surface area contributed by atoms with Crippen molar-refractivity contribution in [2.45, 2.75) is 25.4 Å². The Balaban J connectivity index is 1.64. The first-order valence-electron chi connectivity index (χ1n) is 7.10. The molecule has 0 unspecified atom stereocenters. The monoisotopic (exact) mass is 291 g/mol. The third-order valence-corrected chi connectivity index (χ3v) is 3.92. The largest absolute Gasteiger partial charge is 0.394 e. The van der Waals surface area contributed by atoms with E-state index >= 15 is 0 Å². The fraction of sp³-hybridized carbons (Fsp3) is 0.400. The number of halogens is 1. The molecule has 0 spiro atoms. The van der Waals surface area contributed by atoms with Gasteiger partial charge in [0.25, 0.3) is 0 Å². The smallest absolute Gasteiger partial charge is 0.318 e. The van der Waals surface area contributed by atoms with Crippen LogP contribution in [-0.4, -0.2) is 40.2 Å². The van der Waals surface area contributed by atoms with E-state index in [2.05, 4.69) is 10.3 Å². The van der Waals surface area contributed by atoms with Crippen molar-refractivity contribution < 1.29 is 14.3 Å². The maximum Gasteiger partial charge on any atom is 0.318 e. The maximum absolute atomic E-state index is 13.1. The standard InChI is InChI=1S/C15H18FN3O2/c16-11-3-4-14-10(6-11)7-12(18-14)8-17-15(21)19-5-1-2-13(19)9-20/h3-4,6-7,13,18,20H,1-2,5,8-9H2,(H,17,21)/t13-/m1/s1. The first-order chi connectivity index (χ1) is 10.2. The highest BCUT2D eigenvalue weighted by molar-refractivity contribution is 5.80. The molecule has 6 heteroatoms. The molecule has 1 aromatic heterocycles. The second-order valence-corrected chi connectivity index (χ2v) is 5.36. The molecule has 3 N–H and O–H groups in total. The Labute approximate surface area is 121 Å². The number of aromatic amines is 1. The van der Waals surface area contributed by atoms with Crippen molar-refractivity contribution in [3.8, 4) is 0 Å². The van der Waals surface area contributed by atoms with Gasteiger partial charge in [0.2, 0.25) is 0 Å². The average molecular weight is 291 g/mol. The summed E-state index contributed by atoms with van der Waals surface area (Å²) in [6.07, 6.45) is 1.76. The number of aliphatic hydroxyl groups is 1. The Morgan fingerprint density at radius 1 is 1.48 bits per heavy atom. The number of H-pyrrole nitrogens is 1. The molecule has 0 aliphatic carbocycles. The van der Waals surface area contributed by atoms with Gasteiger partial charge >= 0.3 is 6.03 Å². The summed E-state index contributed by atoms with van der Waals surface area (Å²) in [5, 5.41) is 12.8. The van der Waals surface area contributed by atoms with Crippen LogP contribution in [0.4, 0.5) is 9.18 Å². The van der Waals surface area contributed by atoms with Gasteiger partial charge in [-0.1, -0.05) is 0 Å². The van der Waals surface area contributed by atoms with Crippen molar-refractivity contribution in [3.63, 3.8) is 0 Å². The number of hydrogen-bond donors (Lipinski definition) is 3. The van der Waals surface area contributed by atoms with E-state index in [0.29, 0.717) is 13.1 Å². The molecule has 112 valence electrons. The number of likely N-dealkylation sites (tertiary alicyclic amines) is 1. The lowest BCUT2D eigenvalue weighted by atomic mass is 10.2. The van der Waals surface area contributed by atoms with Gasteiger partial charge in [-0.15, -0.1) is 0 Å². The summed E-state index contributed by atoms with van der Waals surface area (Å²) in [7, 11) is 0. The second-order valence-electron chi connectivity index (χ2n) is 5.36. The Morgan fingerprint density at radius 3 is 3.14 bits per heavy atom. The molecule has 0 saturated carbocycles. The molecule has 2 heterocycles. The van der Waals surface area contributed by atoms with Crippen molar-refractivity contribution in [1.29, 1.82) is 0 Å². The van der Waals surface area contributed by atoms with Crippen LogP contribution in [-0.2, 0) is 6.54 Å². The molecular weight excluding hydrogens is 273 g/mol. The number of rotatable bonds is 3. The summed E-state index contributed by atoms with van der Waals surface area (Å²) >= 11 is 0. The molecule has 21 heavy (non-hydrogen) atoms. The van der Waals surface area contributed by atoms with Gasteiger partial charge in [0, 0.05) is 23.1 Å². The minimum atomic E-state index is -0.278. The molecule has 1 saturated heterocycles. The van der Waals surface area contributed by atoms with Crippen molar-refractivity contribution >= 4 is 16.9 Å². The number of aromatic nitrogens is 1. The van der Waals surface area contributed by atoms with Crippen LogP contribution < -0.4 is 5.32 Å². The summed E-state index contributed by atoms with van der Waals surface area (Å²) in [4.78, 5) is 16.9. The number of aliphatic hydroxyl groups excluding tert-OH is 1. The van der Waals surface area contributed by atoms with Crippen LogP contribution in [0.25, 0.3) is 10.9 Å². The lowest BCUT2D eigenvalue weighted by Crippen LogP contribution is -2.43. The van der Waals surface area contributed by atoms with Crippen molar-refractivity contribution in [1.82, 2.24) is 15.2 Å². The average Bonchev–Trinajstić information content (AvgIpc) is 3.10. The van der Waals surface area contributed by atoms with E-state index in [0.717, 1.165) is 29.4 Å². The van der Waals surface area contributed by atoms with Crippen LogP contribution in [0.3, 0.4) is 0 Å². The number of nitrogens with zero attached hydrogens (tertiary/aromatic N) is 1. The van der Waals surface area contributed by atoms with E-state index in [1.54, 1.807) is 11.0 Å². The first-order valence-corrected chi connectivity index (χ1v) is 7.10. The van der Waals surface area contributed by atoms with Crippen molar-refractivity contribution in [2.24, 2.45) is 0 Å². The van der Waals surface area contributed by atoms with Crippen LogP contribution in [0.1, 0.15) is 18.5 Å². The lowest BCUT2D eigenvalue weighted by molar-refractivity contribution is 0.157. The van der Waals surface area contributed by atoms with Crippen LogP contribution >= 0.6 is 0 Å². The van der Waals surface area contributed by atoms with E-state index < -0.39 is 0 Å². The zero-order chi connectivity index (χ0) is 14.8. The molecule has 2 amide bonds. The molecule has 5 nitrogen and oxygen atoms in total. The van der Waals surface area contributed by atoms with Crippen LogP contribution in [0.5, 0.6) is 0 Å². The highest BCUT2D eigenvalue weighted by Gasteiger charge is 2.27. The molecule has 2 aromatic rings. The van der Waals surface area contributed by atoms with Gasteiger partial charge in [-0.3, -0.25) is 0 Å². The number of fused-ring (bicyclic) bond motifs is 1. The topological polar surface area (TPSA) is 68.4 Å². The number of hydrogen-bond acceptors (Lipinski definition) is 2. The third-order valence-electron chi connectivity index (χ3n) is 3.92. The molecule has 1 aliphatic heterocycles. The third kappa shape index (κ3) is 2.85. The number of urea groups is 1. The van der Waals surface area contributed by atoms with Crippen molar-refractivity contribution in [2.75, 3.05) is 13.2 Å². The summed E-state index contributed by atoms with van der Waals surface area (Å²) in [6, 6.07) is 6.11. The molecule has 1 atom stereocenters. The lowest BCUT2D eigenvalue weighted by Gasteiger charge is -2.23. The molecule has 1 aromatic carbocycles. The second kappa shape index (κ2) is 5.73. The Kier molecular flexibility index (Phi) is 3.79. The highest BCUT2D eigenvalue weighted by Crippen LogP contribution is 2.18. The summed E-state index contributed by atoms with van der Waals surface area (Å²) < 4.78 is 13.1. The van der Waals surface area contributed by atoms with Gasteiger partial charge in [-0.2, -0.15) is 0 Å². The first kappa shape index (κ1) is 13.9. The minimum absolute atomic E-state index is 0.000908. The number of amides is 2. The fourth-order valence-corrected chi connectivity index (χ4v) is 2.82. The molecule has 1 fully saturated rings. The van der Waals surface area contributed by atoms with Crippen LogP contribution in [0.15, 0.2) is 24.3 Å². The number of benzene rings is 1. The Morgan fingerprint density at radius 2 is 2.33 bits per heavy atom. The molecule has 3 rings (SSSR count). The zero-order valence-corrected chi connectivity index (χ0v) is 11.6. The molecular formula is C15H18FN3O2. The van der Waals surface area contributed by atoms with E-state index in [1.807, 2.05) is 6.07 Å². The van der Waals surface area contributed by atoms with E-state index in [-0.39, 0.29) is 24.5 Å². The summed E-state index contributed by atoms with van der Waals surface area (Å²) in [5.41, 5.74) is 1.67. The normalized spacial score (nSPS) is 18.4. The van der Waals surface area contributed by atoms with E-state index in [9.17, 15) is 14.3 Å². The molecule has 0 bridgehead atoms. The predicted molar refractivity (Wildman–Crippen MR) is 77.3 cm³/mol. The van der Waals surface area contributed by atoms with Crippen molar-refractivity contribution in [3.05, 3.63) is 35.8 Å². The van der Waals surface area contributed by atoms with Gasteiger partial charge in [-0.05, 0) is 37.1 Å². The van der Waals surface area contributed by atoms with Gasteiger partial charge < -0.3 is 20.3 Å². The number of nitrogens with one attached hydrogen (secondary N) is 2. The van der Waals surface area contributed by atoms with Crippen LogP contribution in [0.2, 0.25) is 0 Å². The van der Waals surface area contributed by atoms with Gasteiger partial charge in [-0.25, -0.2) is 9.18 Å². The minimum Gasteiger partial charge on any atom is -0.394 e. The fourth-order valence-electron chi connectivity index (χ4n) is 2.82. The summed E-state index contributed by atoms with van der Waals surface area (Å²) in [6.45, 7) is 1.03. The predicted octanol–water partition coefficient (Wildman–Crippen LogP) is 1.97. The van der Waals surface area contributed by atoms with Crippen LogP contribution in [0, 0.1) is 5.82 Å². The number of carbonyl (C=O) groups is 1. The zero-order valence-electron chi connectivity index (χ0n) is 11.6. The Bertz CT molecular complexity index is 655. The number of carbonyl (C=O) groups excluding carboxylic acids is 1. The summed E-state index contributed by atoms with van der Waals surface area (Å²) in [5.74, 6) is -0.278. The highest BCUT2D eigenvalue weighted by atomic mass is 19.1. The van der Waals surface area contributed by atoms with E-state index in [4.69, 9.17) is 0 Å². The van der Waals surface area contributed by atoms with Gasteiger partial charge in [0.1, 0.15) is 5.82 Å². The quantitative estimate of drug-likeness (QED) is 0.809. The SMILES string of the molecule is O=C(NCc1cc2cc(F)ccc2[nH]1)N1CCC[C@@H]1CO. The Hall–Kier alpha value is -2.08. The maximum atomic E-state index is 13.1. The van der Waals surface area contributed by atoms with E-state index in [1.165, 1.54) is 12.1 Å². The van der Waals surface area contributed by atoms with Gasteiger partial charge in [0.15, 0.2) is 0 Å². The molecule has 1 aliphatic rings.